The van der Waals surface area contributed by atoms with Gasteiger partial charge >= 0.3 is 5.97 Å². The number of aliphatic carboxylic acids is 1. The zero-order chi connectivity index (χ0) is 19.5. The van der Waals surface area contributed by atoms with Gasteiger partial charge in [-0.3, -0.25) is 0 Å². The van der Waals surface area contributed by atoms with E-state index < -0.39 is 34.2 Å². The third-order valence-corrected chi connectivity index (χ3v) is 5.35. The Balaban J connectivity index is 2.45. The number of carboxylic acids is 1. The van der Waals surface area contributed by atoms with Crippen LogP contribution in [0.3, 0.4) is 0 Å². The van der Waals surface area contributed by atoms with E-state index in [1.807, 2.05) is 13.8 Å². The highest BCUT2D eigenvalue weighted by molar-refractivity contribution is 7.88. The van der Waals surface area contributed by atoms with Gasteiger partial charge in [-0.2, -0.15) is 4.31 Å². The Morgan fingerprint density at radius 3 is 2.69 bits per heavy atom. The molecular weight excluding hydrogens is 362 g/mol. The number of nitrogens with zero attached hydrogens (tertiary/aromatic N) is 1. The number of ether oxygens (including phenoxy) is 3. The highest BCUT2D eigenvalue weighted by Crippen LogP contribution is 2.44. The van der Waals surface area contributed by atoms with Crippen molar-refractivity contribution in [1.29, 1.82) is 0 Å². The lowest BCUT2D eigenvalue weighted by atomic mass is 9.89. The van der Waals surface area contributed by atoms with Crippen molar-refractivity contribution in [1.82, 2.24) is 4.31 Å². The Labute approximate surface area is 153 Å². The third kappa shape index (κ3) is 5.09. The van der Waals surface area contributed by atoms with Crippen molar-refractivity contribution in [3.8, 4) is 11.5 Å². The van der Waals surface area contributed by atoms with Gasteiger partial charge in [-0.1, -0.05) is 0 Å². The second-order valence-electron chi connectivity index (χ2n) is 6.83. The Morgan fingerprint density at radius 2 is 2.12 bits per heavy atom. The van der Waals surface area contributed by atoms with E-state index in [0.29, 0.717) is 23.5 Å². The van der Waals surface area contributed by atoms with Crippen LogP contribution < -0.4 is 9.47 Å². The highest BCUT2D eigenvalue weighted by Gasteiger charge is 2.40. The van der Waals surface area contributed by atoms with E-state index in [-0.39, 0.29) is 13.2 Å². The number of carbonyl (C=O) groups is 1. The second-order valence-corrected chi connectivity index (χ2v) is 8.77. The Morgan fingerprint density at radius 1 is 1.42 bits per heavy atom. The number of rotatable bonds is 8. The minimum Gasteiger partial charge on any atom is -0.487 e. The van der Waals surface area contributed by atoms with Crippen molar-refractivity contribution in [2.75, 3.05) is 33.1 Å². The molecule has 1 atom stereocenters. The average Bonchev–Trinajstić information content (AvgIpc) is 2.51. The van der Waals surface area contributed by atoms with Crippen LogP contribution in [0, 0.1) is 0 Å². The molecule has 0 fully saturated rings. The molecule has 146 valence electrons. The quantitative estimate of drug-likeness (QED) is 0.724. The standard InChI is InChI=1S/C17H25NO7S/c1-17(2)10-14(18(7-8-23-3)26(4,21)22)13-9-12(24-11-16(19)20)5-6-15(13)25-17/h5-6,9,14H,7-8,10-11H2,1-4H3,(H,19,20). The van der Waals surface area contributed by atoms with Crippen LogP contribution in [-0.4, -0.2) is 62.5 Å². The number of benzene rings is 1. The van der Waals surface area contributed by atoms with Crippen molar-refractivity contribution in [3.05, 3.63) is 23.8 Å². The van der Waals surface area contributed by atoms with E-state index in [1.165, 1.54) is 11.4 Å². The fraction of sp³-hybridized carbons (Fsp3) is 0.588. The molecule has 1 unspecified atom stereocenters. The Bertz CT molecular complexity index is 760. The minimum absolute atomic E-state index is 0.204. The number of hydrogen-bond donors (Lipinski definition) is 1. The topological polar surface area (TPSA) is 102 Å². The van der Waals surface area contributed by atoms with Gasteiger partial charge in [0, 0.05) is 25.6 Å². The molecule has 1 aromatic rings. The maximum Gasteiger partial charge on any atom is 0.341 e. The van der Waals surface area contributed by atoms with E-state index in [1.54, 1.807) is 18.2 Å². The molecule has 0 saturated heterocycles. The lowest BCUT2D eigenvalue weighted by Crippen LogP contribution is -2.44. The van der Waals surface area contributed by atoms with Crippen LogP contribution in [0.4, 0.5) is 0 Å². The predicted molar refractivity (Wildman–Crippen MR) is 95.1 cm³/mol. The summed E-state index contributed by atoms with van der Waals surface area (Å²) < 4.78 is 42.4. The number of carboxylic acid groups (broad SMARTS) is 1. The molecule has 0 amide bonds. The van der Waals surface area contributed by atoms with Crippen LogP contribution in [0.1, 0.15) is 31.9 Å². The normalized spacial score (nSPS) is 18.9. The highest BCUT2D eigenvalue weighted by atomic mass is 32.2. The van der Waals surface area contributed by atoms with Gasteiger partial charge in [0.15, 0.2) is 6.61 Å². The maximum absolute atomic E-state index is 12.4. The molecule has 2 rings (SSSR count). The van der Waals surface area contributed by atoms with Crippen LogP contribution >= 0.6 is 0 Å². The molecule has 8 nitrogen and oxygen atoms in total. The van der Waals surface area contributed by atoms with Crippen LogP contribution in [0.15, 0.2) is 18.2 Å². The van der Waals surface area contributed by atoms with Gasteiger partial charge in [0.2, 0.25) is 10.0 Å². The predicted octanol–water partition coefficient (Wildman–Crippen LogP) is 1.66. The van der Waals surface area contributed by atoms with Gasteiger partial charge in [-0.25, -0.2) is 13.2 Å². The molecular formula is C17H25NO7S. The van der Waals surface area contributed by atoms with E-state index in [9.17, 15) is 13.2 Å². The maximum atomic E-state index is 12.4. The smallest absolute Gasteiger partial charge is 0.341 e. The van der Waals surface area contributed by atoms with Gasteiger partial charge in [0.05, 0.1) is 18.9 Å². The van der Waals surface area contributed by atoms with E-state index in [0.717, 1.165) is 6.26 Å². The first kappa shape index (κ1) is 20.5. The van der Waals surface area contributed by atoms with Crippen molar-refractivity contribution in [2.45, 2.75) is 31.9 Å². The first-order chi connectivity index (χ1) is 12.0. The van der Waals surface area contributed by atoms with Gasteiger partial charge in [0.1, 0.15) is 17.1 Å². The minimum atomic E-state index is -3.51. The summed E-state index contributed by atoms with van der Waals surface area (Å²) >= 11 is 0. The Hall–Kier alpha value is -1.84. The van der Waals surface area contributed by atoms with Crippen molar-refractivity contribution in [2.24, 2.45) is 0 Å². The molecule has 26 heavy (non-hydrogen) atoms. The monoisotopic (exact) mass is 387 g/mol. The molecule has 1 heterocycles. The summed E-state index contributed by atoms with van der Waals surface area (Å²) in [6.07, 6.45) is 1.61. The molecule has 0 spiro atoms. The summed E-state index contributed by atoms with van der Waals surface area (Å²) in [6.45, 7) is 3.78. The lowest BCUT2D eigenvalue weighted by Gasteiger charge is -2.41. The number of sulfonamides is 1. The molecule has 0 aliphatic carbocycles. The molecule has 1 aromatic carbocycles. The fourth-order valence-electron chi connectivity index (χ4n) is 3.02. The number of methoxy groups -OCH3 is 1. The molecule has 1 aliphatic heterocycles. The lowest BCUT2D eigenvalue weighted by molar-refractivity contribution is -0.139. The van der Waals surface area contributed by atoms with Crippen LogP contribution in [0.25, 0.3) is 0 Å². The van der Waals surface area contributed by atoms with Crippen LogP contribution in [0.5, 0.6) is 11.5 Å². The molecule has 9 heteroatoms. The first-order valence-corrected chi connectivity index (χ1v) is 10.0. The fourth-order valence-corrected chi connectivity index (χ4v) is 4.08. The average molecular weight is 387 g/mol. The second kappa shape index (κ2) is 7.81. The molecule has 1 N–H and O–H groups in total. The summed E-state index contributed by atoms with van der Waals surface area (Å²) in [5.41, 5.74) is 0.0886. The zero-order valence-electron chi connectivity index (χ0n) is 15.4. The van der Waals surface area contributed by atoms with Gasteiger partial charge < -0.3 is 19.3 Å². The van der Waals surface area contributed by atoms with Gasteiger partial charge in [-0.15, -0.1) is 0 Å². The first-order valence-electron chi connectivity index (χ1n) is 8.17. The molecule has 0 saturated carbocycles. The van der Waals surface area contributed by atoms with E-state index in [2.05, 4.69) is 0 Å². The molecule has 1 aliphatic rings. The van der Waals surface area contributed by atoms with E-state index in [4.69, 9.17) is 19.3 Å². The molecule has 0 aromatic heterocycles. The SMILES string of the molecule is COCCN(C1CC(C)(C)Oc2ccc(OCC(=O)O)cc21)S(C)(=O)=O. The Kier molecular flexibility index (Phi) is 6.15. The number of hydrogen-bond acceptors (Lipinski definition) is 6. The summed E-state index contributed by atoms with van der Waals surface area (Å²) in [5.74, 6) is -0.186. The summed E-state index contributed by atoms with van der Waals surface area (Å²) in [4.78, 5) is 10.7. The van der Waals surface area contributed by atoms with Crippen molar-refractivity contribution in [3.63, 3.8) is 0 Å². The summed E-state index contributed by atoms with van der Waals surface area (Å²) in [5, 5.41) is 8.77. The van der Waals surface area contributed by atoms with Crippen molar-refractivity contribution >= 4 is 16.0 Å². The molecule has 0 radical (unpaired) electrons. The third-order valence-electron chi connectivity index (χ3n) is 4.06. The van der Waals surface area contributed by atoms with E-state index >= 15 is 0 Å². The largest absolute Gasteiger partial charge is 0.487 e. The van der Waals surface area contributed by atoms with Crippen molar-refractivity contribution < 1.29 is 32.5 Å². The van der Waals surface area contributed by atoms with Crippen LogP contribution in [-0.2, 0) is 19.6 Å². The zero-order valence-corrected chi connectivity index (χ0v) is 16.2. The van der Waals surface area contributed by atoms with Crippen LogP contribution in [0.2, 0.25) is 0 Å². The molecule has 0 bridgehead atoms. The van der Waals surface area contributed by atoms with Gasteiger partial charge in [-0.05, 0) is 32.0 Å². The number of fused-ring (bicyclic) bond motifs is 1. The summed E-state index contributed by atoms with van der Waals surface area (Å²) in [7, 11) is -1.99. The van der Waals surface area contributed by atoms with Gasteiger partial charge in [0.25, 0.3) is 0 Å². The summed E-state index contributed by atoms with van der Waals surface area (Å²) in [6, 6.07) is 4.47.